The average molecular weight is 207 g/mol. The van der Waals surface area contributed by atoms with Gasteiger partial charge in [-0.05, 0) is 30.0 Å². The molecule has 0 aromatic carbocycles. The number of carbonyl (C=O) groups is 1. The van der Waals surface area contributed by atoms with Crippen molar-refractivity contribution < 1.29 is 9.53 Å². The molecule has 0 aliphatic carbocycles. The lowest BCUT2D eigenvalue weighted by Gasteiger charge is -1.90. The molecule has 0 fully saturated rings. The maximum atomic E-state index is 11.2. The number of cyclic esters (lactones) is 1. The summed E-state index contributed by atoms with van der Waals surface area (Å²) in [6.07, 6.45) is 1.76. The second-order valence-electron chi connectivity index (χ2n) is 3.02. The summed E-state index contributed by atoms with van der Waals surface area (Å²) in [5.41, 5.74) is 1.53. The summed E-state index contributed by atoms with van der Waals surface area (Å²) in [4.78, 5) is 16.3. The molecule has 1 aromatic rings. The zero-order chi connectivity index (χ0) is 10.1. The van der Waals surface area contributed by atoms with Gasteiger partial charge in [0.05, 0.1) is 0 Å². The van der Waals surface area contributed by atoms with E-state index in [9.17, 15) is 4.79 Å². The van der Waals surface area contributed by atoms with Gasteiger partial charge in [-0.25, -0.2) is 9.79 Å². The number of carbonyl (C=O) groups excluding carboxylic acids is 1. The van der Waals surface area contributed by atoms with Gasteiger partial charge in [-0.2, -0.15) is 0 Å². The van der Waals surface area contributed by atoms with Gasteiger partial charge in [0, 0.05) is 11.8 Å². The number of aliphatic imine (C=N–C) groups is 1. The van der Waals surface area contributed by atoms with Crippen molar-refractivity contribution >= 4 is 29.3 Å². The maximum Gasteiger partial charge on any atom is 0.363 e. The first-order valence-corrected chi connectivity index (χ1v) is 5.08. The van der Waals surface area contributed by atoms with Crippen LogP contribution in [0.1, 0.15) is 17.4 Å². The number of nitrogens with zero attached hydrogens (tertiary/aromatic N) is 1. The lowest BCUT2D eigenvalue weighted by atomic mass is 10.2. The van der Waals surface area contributed by atoms with E-state index in [1.165, 1.54) is 0 Å². The Morgan fingerprint density at radius 1 is 1.50 bits per heavy atom. The number of thiophene rings is 1. The highest BCUT2D eigenvalue weighted by Crippen LogP contribution is 2.21. The van der Waals surface area contributed by atoms with Crippen molar-refractivity contribution in [1.82, 2.24) is 0 Å². The van der Waals surface area contributed by atoms with Crippen molar-refractivity contribution in [2.24, 2.45) is 4.99 Å². The Bertz CT molecular complexity index is 443. The van der Waals surface area contributed by atoms with Crippen LogP contribution < -0.4 is 0 Å². The normalized spacial score (nSPS) is 18.6. The molecule has 0 atom stereocenters. The minimum Gasteiger partial charge on any atom is -0.407 e. The van der Waals surface area contributed by atoms with Crippen molar-refractivity contribution in [3.63, 3.8) is 0 Å². The third-order valence-corrected chi connectivity index (χ3v) is 2.86. The molecule has 1 aliphatic heterocycles. The number of esters is 1. The fourth-order valence-corrected chi connectivity index (χ4v) is 2.02. The Hall–Kier alpha value is -1.42. The maximum absolute atomic E-state index is 11.2. The van der Waals surface area contributed by atoms with Crippen LogP contribution in [0.5, 0.6) is 0 Å². The van der Waals surface area contributed by atoms with E-state index >= 15 is 0 Å². The Balaban J connectivity index is 2.36. The molecular weight excluding hydrogens is 198 g/mol. The predicted octanol–water partition coefficient (Wildman–Crippen LogP) is 2.37. The van der Waals surface area contributed by atoms with Crippen molar-refractivity contribution in [3.05, 3.63) is 27.6 Å². The first-order chi connectivity index (χ1) is 6.66. The molecule has 1 aromatic heterocycles. The first-order valence-electron chi connectivity index (χ1n) is 4.20. The molecule has 0 unspecified atom stereocenters. The molecular formula is C10H9NO2S. The van der Waals surface area contributed by atoms with E-state index in [2.05, 4.69) is 4.99 Å². The van der Waals surface area contributed by atoms with Crippen molar-refractivity contribution in [2.75, 3.05) is 0 Å². The third kappa shape index (κ3) is 1.61. The quantitative estimate of drug-likeness (QED) is 0.524. The van der Waals surface area contributed by atoms with E-state index in [1.54, 1.807) is 24.3 Å². The molecule has 72 valence electrons. The summed E-state index contributed by atoms with van der Waals surface area (Å²) < 4.78 is 4.81. The number of hydrogen-bond donors (Lipinski definition) is 0. The zero-order valence-electron chi connectivity index (χ0n) is 7.90. The minimum absolute atomic E-state index is 0.365. The summed E-state index contributed by atoms with van der Waals surface area (Å²) in [6.45, 7) is 3.67. The van der Waals surface area contributed by atoms with Crippen LogP contribution in [0.3, 0.4) is 0 Å². The molecule has 4 heteroatoms. The largest absolute Gasteiger partial charge is 0.407 e. The number of ether oxygens (including phenoxy) is 1. The third-order valence-electron chi connectivity index (χ3n) is 1.90. The van der Waals surface area contributed by atoms with E-state index in [-0.39, 0.29) is 5.97 Å². The Morgan fingerprint density at radius 3 is 2.79 bits per heavy atom. The topological polar surface area (TPSA) is 38.7 Å². The van der Waals surface area contributed by atoms with Crippen LogP contribution >= 0.6 is 11.3 Å². The highest BCUT2D eigenvalue weighted by atomic mass is 32.1. The van der Waals surface area contributed by atoms with Gasteiger partial charge in [-0.15, -0.1) is 11.3 Å². The SMILES string of the molecule is CC1=NC(=Cc2sccc2C)C(=O)O1. The molecule has 0 amide bonds. The monoisotopic (exact) mass is 207 g/mol. The molecule has 0 spiro atoms. The van der Waals surface area contributed by atoms with E-state index in [4.69, 9.17) is 4.74 Å². The van der Waals surface area contributed by atoms with E-state index in [0.29, 0.717) is 11.6 Å². The highest BCUT2D eigenvalue weighted by molar-refractivity contribution is 7.11. The van der Waals surface area contributed by atoms with Crippen molar-refractivity contribution in [1.29, 1.82) is 0 Å². The number of rotatable bonds is 1. The Morgan fingerprint density at radius 2 is 2.29 bits per heavy atom. The molecule has 0 radical (unpaired) electrons. The van der Waals surface area contributed by atoms with Crippen molar-refractivity contribution in [2.45, 2.75) is 13.8 Å². The van der Waals surface area contributed by atoms with Crippen LogP contribution in [0.4, 0.5) is 0 Å². The van der Waals surface area contributed by atoms with Gasteiger partial charge in [-0.3, -0.25) is 0 Å². The van der Waals surface area contributed by atoms with Gasteiger partial charge >= 0.3 is 5.97 Å². The van der Waals surface area contributed by atoms with Gasteiger partial charge < -0.3 is 4.74 Å². The lowest BCUT2D eigenvalue weighted by Crippen LogP contribution is -1.99. The van der Waals surface area contributed by atoms with Crippen LogP contribution in [0.2, 0.25) is 0 Å². The number of aryl methyl sites for hydroxylation is 1. The second kappa shape index (κ2) is 3.38. The predicted molar refractivity (Wildman–Crippen MR) is 56.2 cm³/mol. The first kappa shape index (κ1) is 9.15. The second-order valence-corrected chi connectivity index (χ2v) is 3.97. The van der Waals surface area contributed by atoms with Crippen LogP contribution in [-0.2, 0) is 9.53 Å². The molecule has 2 rings (SSSR count). The van der Waals surface area contributed by atoms with E-state index < -0.39 is 0 Å². The molecule has 1 aliphatic rings. The van der Waals surface area contributed by atoms with Crippen LogP contribution in [0, 0.1) is 6.92 Å². The fourth-order valence-electron chi connectivity index (χ4n) is 1.17. The lowest BCUT2D eigenvalue weighted by molar-refractivity contribution is -0.130. The molecule has 3 nitrogen and oxygen atoms in total. The zero-order valence-corrected chi connectivity index (χ0v) is 8.72. The van der Waals surface area contributed by atoms with E-state index in [0.717, 1.165) is 10.4 Å². The molecule has 0 saturated carbocycles. The van der Waals surface area contributed by atoms with Crippen LogP contribution in [0.15, 0.2) is 22.1 Å². The smallest absolute Gasteiger partial charge is 0.363 e. The average Bonchev–Trinajstić information content (AvgIpc) is 2.62. The summed E-state index contributed by atoms with van der Waals surface area (Å²) in [7, 11) is 0. The molecule has 0 N–H and O–H groups in total. The fraction of sp³-hybridized carbons (Fsp3) is 0.200. The summed E-state index contributed by atoms with van der Waals surface area (Å²) in [5, 5.41) is 1.98. The molecule has 0 saturated heterocycles. The Labute approximate surface area is 85.7 Å². The van der Waals surface area contributed by atoms with Gasteiger partial charge in [0.1, 0.15) is 0 Å². The Kier molecular flexibility index (Phi) is 2.21. The summed E-state index contributed by atoms with van der Waals surface area (Å²) in [6, 6.07) is 2.01. The van der Waals surface area contributed by atoms with Gasteiger partial charge in [0.2, 0.25) is 0 Å². The van der Waals surface area contributed by atoms with E-state index in [1.807, 2.05) is 18.4 Å². The van der Waals surface area contributed by atoms with Crippen molar-refractivity contribution in [3.8, 4) is 0 Å². The standard InChI is InChI=1S/C10H9NO2S/c1-6-3-4-14-9(6)5-8-10(12)13-7(2)11-8/h3-5H,1-2H3. The molecule has 2 heterocycles. The van der Waals surface area contributed by atoms with Crippen LogP contribution in [0.25, 0.3) is 6.08 Å². The van der Waals surface area contributed by atoms with Crippen LogP contribution in [-0.4, -0.2) is 11.9 Å². The van der Waals surface area contributed by atoms with Gasteiger partial charge in [0.15, 0.2) is 11.6 Å². The minimum atomic E-state index is -0.365. The number of hydrogen-bond acceptors (Lipinski definition) is 4. The van der Waals surface area contributed by atoms with Gasteiger partial charge in [-0.1, -0.05) is 0 Å². The highest BCUT2D eigenvalue weighted by Gasteiger charge is 2.19. The molecule has 0 bridgehead atoms. The molecule has 14 heavy (non-hydrogen) atoms. The summed E-state index contributed by atoms with van der Waals surface area (Å²) in [5.74, 6) is 0.0470. The van der Waals surface area contributed by atoms with Gasteiger partial charge in [0.25, 0.3) is 0 Å². The summed E-state index contributed by atoms with van der Waals surface area (Å²) >= 11 is 1.59.